The number of carbonyl (C=O) groups excluding carboxylic acids is 3. The summed E-state index contributed by atoms with van der Waals surface area (Å²) in [6.45, 7) is 3.80. The highest BCUT2D eigenvalue weighted by molar-refractivity contribution is 6.21. The van der Waals surface area contributed by atoms with E-state index in [2.05, 4.69) is 10.2 Å². The van der Waals surface area contributed by atoms with E-state index in [4.69, 9.17) is 0 Å². The molecule has 2 aliphatic rings. The summed E-state index contributed by atoms with van der Waals surface area (Å²) in [5.41, 5.74) is 3.03. The standard InChI is InChI=1S/C24H26FN3O3/c1-16-7-9-18-19(14-16)24(31)28(23(18)30)13-5-6-22(29)26-20-15-17(25)8-10-21(20)27-11-3-2-4-12-27/h7-10,14-15H,2-6,11-13H2,1H3,(H,26,29). The Labute approximate surface area is 181 Å². The van der Waals surface area contributed by atoms with Crippen molar-refractivity contribution in [3.63, 3.8) is 0 Å². The van der Waals surface area contributed by atoms with Crippen LogP contribution in [0.25, 0.3) is 0 Å². The number of carbonyl (C=O) groups is 3. The molecule has 2 heterocycles. The molecule has 31 heavy (non-hydrogen) atoms. The van der Waals surface area contributed by atoms with E-state index >= 15 is 0 Å². The van der Waals surface area contributed by atoms with Crippen LogP contribution in [-0.2, 0) is 4.79 Å². The molecule has 2 aromatic carbocycles. The van der Waals surface area contributed by atoms with Gasteiger partial charge in [0.1, 0.15) is 5.82 Å². The highest BCUT2D eigenvalue weighted by atomic mass is 19.1. The molecule has 0 saturated carbocycles. The largest absolute Gasteiger partial charge is 0.370 e. The Morgan fingerprint density at radius 2 is 1.74 bits per heavy atom. The van der Waals surface area contributed by atoms with Crippen molar-refractivity contribution in [2.75, 3.05) is 29.9 Å². The van der Waals surface area contributed by atoms with Crippen LogP contribution in [0.4, 0.5) is 15.8 Å². The maximum atomic E-state index is 13.8. The lowest BCUT2D eigenvalue weighted by Crippen LogP contribution is -2.31. The maximum absolute atomic E-state index is 13.8. The first-order valence-electron chi connectivity index (χ1n) is 10.8. The second-order valence-electron chi connectivity index (χ2n) is 8.17. The van der Waals surface area contributed by atoms with Gasteiger partial charge in [-0.05, 0) is 62.9 Å². The number of halogens is 1. The number of anilines is 2. The summed E-state index contributed by atoms with van der Waals surface area (Å²) < 4.78 is 13.8. The molecule has 6 nitrogen and oxygen atoms in total. The quantitative estimate of drug-likeness (QED) is 0.709. The molecule has 2 aliphatic heterocycles. The normalized spacial score (nSPS) is 15.9. The Morgan fingerprint density at radius 1 is 1.00 bits per heavy atom. The van der Waals surface area contributed by atoms with E-state index in [1.54, 1.807) is 24.3 Å². The summed E-state index contributed by atoms with van der Waals surface area (Å²) in [6, 6.07) is 9.65. The molecule has 0 aromatic heterocycles. The van der Waals surface area contributed by atoms with Crippen LogP contribution in [0.5, 0.6) is 0 Å². The zero-order valence-electron chi connectivity index (χ0n) is 17.6. The number of nitrogens with zero attached hydrogens (tertiary/aromatic N) is 2. The van der Waals surface area contributed by atoms with Crippen LogP contribution in [0.1, 0.15) is 58.4 Å². The number of nitrogens with one attached hydrogen (secondary N) is 1. The van der Waals surface area contributed by atoms with Crippen molar-refractivity contribution >= 4 is 29.1 Å². The number of fused-ring (bicyclic) bond motifs is 1. The first-order chi connectivity index (χ1) is 14.9. The van der Waals surface area contributed by atoms with Crippen LogP contribution in [-0.4, -0.2) is 42.3 Å². The lowest BCUT2D eigenvalue weighted by molar-refractivity contribution is -0.116. The smallest absolute Gasteiger partial charge is 0.261 e. The predicted octanol–water partition coefficient (Wildman–Crippen LogP) is 4.14. The summed E-state index contributed by atoms with van der Waals surface area (Å²) in [6.07, 6.45) is 3.79. The van der Waals surface area contributed by atoms with Gasteiger partial charge in [0.25, 0.3) is 11.8 Å². The molecule has 4 rings (SSSR count). The monoisotopic (exact) mass is 423 g/mol. The number of hydrogen-bond acceptors (Lipinski definition) is 4. The fraction of sp³-hybridized carbons (Fsp3) is 0.375. The lowest BCUT2D eigenvalue weighted by atomic mass is 10.1. The molecule has 0 aliphatic carbocycles. The molecular formula is C24H26FN3O3. The molecule has 162 valence electrons. The van der Waals surface area contributed by atoms with E-state index in [1.807, 2.05) is 6.92 Å². The van der Waals surface area contributed by atoms with Gasteiger partial charge in [0.15, 0.2) is 0 Å². The number of benzene rings is 2. The minimum atomic E-state index is -0.405. The number of rotatable bonds is 6. The van der Waals surface area contributed by atoms with Crippen molar-refractivity contribution < 1.29 is 18.8 Å². The molecule has 7 heteroatoms. The summed E-state index contributed by atoms with van der Waals surface area (Å²) >= 11 is 0. The zero-order chi connectivity index (χ0) is 22.0. The van der Waals surface area contributed by atoms with Crippen molar-refractivity contribution in [2.24, 2.45) is 0 Å². The summed E-state index contributed by atoms with van der Waals surface area (Å²) in [5.74, 6) is -1.31. The number of imide groups is 1. The number of hydrogen-bond donors (Lipinski definition) is 1. The predicted molar refractivity (Wildman–Crippen MR) is 117 cm³/mol. The molecule has 1 saturated heterocycles. The van der Waals surface area contributed by atoms with E-state index in [0.29, 0.717) is 23.2 Å². The molecule has 0 unspecified atom stereocenters. The first kappa shape index (κ1) is 21.0. The highest BCUT2D eigenvalue weighted by Crippen LogP contribution is 2.30. The molecule has 1 fully saturated rings. The molecule has 0 radical (unpaired) electrons. The van der Waals surface area contributed by atoms with Crippen molar-refractivity contribution in [1.29, 1.82) is 0 Å². The van der Waals surface area contributed by atoms with Gasteiger partial charge in [-0.2, -0.15) is 0 Å². The SMILES string of the molecule is Cc1ccc2c(c1)C(=O)N(CCCC(=O)Nc1cc(F)ccc1N1CCCCC1)C2=O. The Bertz CT molecular complexity index is 1030. The highest BCUT2D eigenvalue weighted by Gasteiger charge is 2.35. The van der Waals surface area contributed by atoms with E-state index < -0.39 is 5.82 Å². The van der Waals surface area contributed by atoms with Gasteiger partial charge in [0, 0.05) is 26.1 Å². The van der Waals surface area contributed by atoms with Gasteiger partial charge in [-0.1, -0.05) is 11.6 Å². The van der Waals surface area contributed by atoms with Crippen molar-refractivity contribution in [3.8, 4) is 0 Å². The van der Waals surface area contributed by atoms with E-state index in [-0.39, 0.29) is 30.7 Å². The second-order valence-corrected chi connectivity index (χ2v) is 8.17. The molecule has 2 aromatic rings. The number of amides is 3. The van der Waals surface area contributed by atoms with Crippen LogP contribution in [0, 0.1) is 12.7 Å². The molecular weight excluding hydrogens is 397 g/mol. The summed E-state index contributed by atoms with van der Waals surface area (Å²) in [7, 11) is 0. The van der Waals surface area contributed by atoms with Crippen molar-refractivity contribution in [1.82, 2.24) is 4.90 Å². The van der Waals surface area contributed by atoms with Crippen LogP contribution in [0.3, 0.4) is 0 Å². The molecule has 3 amide bonds. The fourth-order valence-corrected chi connectivity index (χ4v) is 4.24. The van der Waals surface area contributed by atoms with E-state index in [1.165, 1.54) is 23.5 Å². The minimum absolute atomic E-state index is 0.127. The van der Waals surface area contributed by atoms with Crippen LogP contribution in [0.2, 0.25) is 0 Å². The number of piperidine rings is 1. The summed E-state index contributed by atoms with van der Waals surface area (Å²) in [5, 5.41) is 2.81. The average Bonchev–Trinajstić information content (AvgIpc) is 2.98. The first-order valence-corrected chi connectivity index (χ1v) is 10.8. The van der Waals surface area contributed by atoms with Gasteiger partial charge < -0.3 is 10.2 Å². The van der Waals surface area contributed by atoms with Gasteiger partial charge in [0.2, 0.25) is 5.91 Å². The van der Waals surface area contributed by atoms with Crippen LogP contribution >= 0.6 is 0 Å². The Morgan fingerprint density at radius 3 is 2.52 bits per heavy atom. The third-order valence-corrected chi connectivity index (χ3v) is 5.84. The van der Waals surface area contributed by atoms with Crippen LogP contribution < -0.4 is 10.2 Å². The fourth-order valence-electron chi connectivity index (χ4n) is 4.24. The van der Waals surface area contributed by atoms with Crippen molar-refractivity contribution in [3.05, 3.63) is 58.9 Å². The summed E-state index contributed by atoms with van der Waals surface area (Å²) in [4.78, 5) is 40.9. The third kappa shape index (κ3) is 4.45. The van der Waals surface area contributed by atoms with Gasteiger partial charge in [-0.15, -0.1) is 0 Å². The van der Waals surface area contributed by atoms with Crippen LogP contribution in [0.15, 0.2) is 36.4 Å². The van der Waals surface area contributed by atoms with Gasteiger partial charge >= 0.3 is 0 Å². The minimum Gasteiger partial charge on any atom is -0.370 e. The lowest BCUT2D eigenvalue weighted by Gasteiger charge is -2.30. The molecule has 0 spiro atoms. The van der Waals surface area contributed by atoms with E-state index in [0.717, 1.165) is 37.2 Å². The Kier molecular flexibility index (Phi) is 6.02. The van der Waals surface area contributed by atoms with Gasteiger partial charge in [0.05, 0.1) is 22.5 Å². The van der Waals surface area contributed by atoms with E-state index in [9.17, 15) is 18.8 Å². The second kappa shape index (κ2) is 8.88. The zero-order valence-corrected chi connectivity index (χ0v) is 17.6. The molecule has 0 bridgehead atoms. The maximum Gasteiger partial charge on any atom is 0.261 e. The third-order valence-electron chi connectivity index (χ3n) is 5.84. The van der Waals surface area contributed by atoms with Gasteiger partial charge in [-0.3, -0.25) is 19.3 Å². The Hall–Kier alpha value is -3.22. The Balaban J connectivity index is 1.36. The topological polar surface area (TPSA) is 69.7 Å². The molecule has 0 atom stereocenters. The molecule has 1 N–H and O–H groups in total. The van der Waals surface area contributed by atoms with Gasteiger partial charge in [-0.25, -0.2) is 4.39 Å². The number of aryl methyl sites for hydroxylation is 1. The average molecular weight is 423 g/mol. The van der Waals surface area contributed by atoms with Crippen molar-refractivity contribution in [2.45, 2.75) is 39.0 Å².